The summed E-state index contributed by atoms with van der Waals surface area (Å²) < 4.78 is 18.2. The third-order valence-electron chi connectivity index (χ3n) is 11.0. The van der Waals surface area contributed by atoms with Crippen molar-refractivity contribution in [1.29, 1.82) is 0 Å². The summed E-state index contributed by atoms with van der Waals surface area (Å²) in [6, 6.07) is 0.812. The SMILES string of the molecule is CC(C)C1CC(OC(=O)CCCCCCC(C(=O)OC2CC(C(C)C)NC(C)(C)C2)C(=O)OC2CC(C(C)C)NC(C)(C)C2)CC(C)(C)N1. The van der Waals surface area contributed by atoms with Crippen LogP contribution in [0.1, 0.15) is 160 Å². The van der Waals surface area contributed by atoms with E-state index in [4.69, 9.17) is 14.2 Å². The van der Waals surface area contributed by atoms with Gasteiger partial charge in [-0.3, -0.25) is 14.4 Å². The molecule has 6 atom stereocenters. The number of nitrogens with one attached hydrogen (secondary N) is 3. The van der Waals surface area contributed by atoms with Crippen molar-refractivity contribution in [3.63, 3.8) is 0 Å². The molecule has 284 valence electrons. The first-order valence-corrected chi connectivity index (χ1v) is 19.6. The summed E-state index contributed by atoms with van der Waals surface area (Å²) in [6.07, 6.45) is 7.78. The van der Waals surface area contributed by atoms with Crippen LogP contribution in [0, 0.1) is 23.7 Å². The fraction of sp³-hybridized carbons (Fsp3) is 0.925. The van der Waals surface area contributed by atoms with E-state index in [9.17, 15) is 14.4 Å². The third kappa shape index (κ3) is 13.7. The van der Waals surface area contributed by atoms with Crippen LogP contribution in [-0.4, -0.2) is 71.0 Å². The number of ether oxygens (including phenoxy) is 3. The lowest BCUT2D eigenvalue weighted by Crippen LogP contribution is -2.57. The molecule has 0 aromatic rings. The summed E-state index contributed by atoms with van der Waals surface area (Å²) in [6.45, 7) is 26.0. The summed E-state index contributed by atoms with van der Waals surface area (Å²) in [5.74, 6) is -0.725. The van der Waals surface area contributed by atoms with Crippen LogP contribution in [0.4, 0.5) is 0 Å². The van der Waals surface area contributed by atoms with E-state index in [1.54, 1.807) is 0 Å². The van der Waals surface area contributed by atoms with Gasteiger partial charge in [-0.05, 0) is 72.1 Å². The molecule has 0 saturated carbocycles. The highest BCUT2D eigenvalue weighted by molar-refractivity contribution is 5.95. The Morgan fingerprint density at radius 2 is 0.898 bits per heavy atom. The molecule has 0 bridgehead atoms. The van der Waals surface area contributed by atoms with Gasteiger partial charge >= 0.3 is 17.9 Å². The van der Waals surface area contributed by atoms with Crippen molar-refractivity contribution in [3.05, 3.63) is 0 Å². The maximum Gasteiger partial charge on any atom is 0.320 e. The monoisotopic (exact) mass is 692 g/mol. The Morgan fingerprint density at radius 1 is 0.551 bits per heavy atom. The molecule has 49 heavy (non-hydrogen) atoms. The maximum atomic E-state index is 13.8. The average Bonchev–Trinajstić information content (AvgIpc) is 2.93. The minimum absolute atomic E-state index is 0.0581. The van der Waals surface area contributed by atoms with Gasteiger partial charge < -0.3 is 30.2 Å². The Labute approximate surface area is 298 Å². The second kappa shape index (κ2) is 17.7. The lowest BCUT2D eigenvalue weighted by Gasteiger charge is -2.43. The molecule has 0 aromatic carbocycles. The first-order chi connectivity index (χ1) is 22.6. The molecular formula is C40H73N3O6. The van der Waals surface area contributed by atoms with Crippen LogP contribution in [0.5, 0.6) is 0 Å². The number of rotatable bonds is 15. The second-order valence-corrected chi connectivity index (χ2v) is 18.7. The van der Waals surface area contributed by atoms with Crippen LogP contribution in [-0.2, 0) is 28.6 Å². The van der Waals surface area contributed by atoms with E-state index in [2.05, 4.69) is 99.0 Å². The molecule has 3 N–H and O–H groups in total. The molecule has 3 heterocycles. The minimum atomic E-state index is -0.951. The van der Waals surface area contributed by atoms with E-state index < -0.39 is 17.9 Å². The van der Waals surface area contributed by atoms with Crippen molar-refractivity contribution in [3.8, 4) is 0 Å². The number of esters is 3. The van der Waals surface area contributed by atoms with E-state index in [1.807, 2.05) is 0 Å². The first kappa shape index (κ1) is 41.7. The highest BCUT2D eigenvalue weighted by atomic mass is 16.6. The average molecular weight is 692 g/mol. The lowest BCUT2D eigenvalue weighted by molar-refractivity contribution is -0.172. The largest absolute Gasteiger partial charge is 0.462 e. The minimum Gasteiger partial charge on any atom is -0.462 e. The van der Waals surface area contributed by atoms with Gasteiger partial charge in [0.1, 0.15) is 18.3 Å². The highest BCUT2D eigenvalue weighted by Gasteiger charge is 2.41. The molecule has 3 fully saturated rings. The Hall–Kier alpha value is -1.71. The normalized spacial score (nSPS) is 30.2. The molecule has 6 unspecified atom stereocenters. The third-order valence-corrected chi connectivity index (χ3v) is 11.0. The Kier molecular flexibility index (Phi) is 15.0. The molecule has 3 saturated heterocycles. The Balaban J connectivity index is 1.56. The molecule has 3 aliphatic rings. The van der Waals surface area contributed by atoms with Gasteiger partial charge in [0.05, 0.1) is 0 Å². The molecule has 9 nitrogen and oxygen atoms in total. The van der Waals surface area contributed by atoms with E-state index in [1.165, 1.54) is 0 Å². The quantitative estimate of drug-likeness (QED) is 0.0708. The topological polar surface area (TPSA) is 115 Å². The predicted octanol–water partition coefficient (Wildman–Crippen LogP) is 7.24. The second-order valence-electron chi connectivity index (χ2n) is 18.7. The molecular weight excluding hydrogens is 618 g/mol. The molecule has 0 radical (unpaired) electrons. The molecule has 3 aliphatic heterocycles. The van der Waals surface area contributed by atoms with Crippen molar-refractivity contribution in [2.24, 2.45) is 23.7 Å². The number of carbonyl (C=O) groups is 3. The van der Waals surface area contributed by atoms with Crippen molar-refractivity contribution in [2.75, 3.05) is 0 Å². The zero-order valence-electron chi connectivity index (χ0n) is 33.2. The van der Waals surface area contributed by atoms with Gasteiger partial charge in [0, 0.05) is 79.7 Å². The van der Waals surface area contributed by atoms with Crippen molar-refractivity contribution < 1.29 is 28.6 Å². The van der Waals surface area contributed by atoms with Crippen LogP contribution in [0.2, 0.25) is 0 Å². The van der Waals surface area contributed by atoms with Gasteiger partial charge in [0.2, 0.25) is 0 Å². The number of piperidine rings is 3. The zero-order chi connectivity index (χ0) is 36.7. The molecule has 0 spiro atoms. The molecule has 0 amide bonds. The van der Waals surface area contributed by atoms with E-state index >= 15 is 0 Å². The number of unbranched alkanes of at least 4 members (excludes halogenated alkanes) is 3. The Bertz CT molecular complexity index is 1030. The molecule has 3 rings (SSSR count). The summed E-state index contributed by atoms with van der Waals surface area (Å²) in [4.78, 5) is 40.3. The van der Waals surface area contributed by atoms with Crippen LogP contribution in [0.25, 0.3) is 0 Å². The number of carbonyl (C=O) groups excluding carboxylic acids is 3. The highest BCUT2D eigenvalue weighted by Crippen LogP contribution is 2.32. The zero-order valence-corrected chi connectivity index (χ0v) is 33.2. The van der Waals surface area contributed by atoms with Gasteiger partial charge in [-0.15, -0.1) is 0 Å². The van der Waals surface area contributed by atoms with E-state index in [0.717, 1.165) is 44.9 Å². The van der Waals surface area contributed by atoms with Crippen LogP contribution in [0.3, 0.4) is 0 Å². The lowest BCUT2D eigenvalue weighted by atomic mass is 9.83. The molecule has 0 aromatic heterocycles. The van der Waals surface area contributed by atoms with Crippen molar-refractivity contribution in [1.82, 2.24) is 16.0 Å². The first-order valence-electron chi connectivity index (χ1n) is 19.6. The summed E-state index contributed by atoms with van der Waals surface area (Å²) in [7, 11) is 0. The molecule has 9 heteroatoms. The van der Waals surface area contributed by atoms with E-state index in [0.29, 0.717) is 55.9 Å². The molecule has 0 aliphatic carbocycles. The Morgan fingerprint density at radius 3 is 1.27 bits per heavy atom. The van der Waals surface area contributed by atoms with Crippen molar-refractivity contribution >= 4 is 17.9 Å². The number of hydrogen-bond acceptors (Lipinski definition) is 9. The smallest absolute Gasteiger partial charge is 0.320 e. The summed E-state index contributed by atoms with van der Waals surface area (Å²) in [5.41, 5.74) is -0.387. The van der Waals surface area contributed by atoms with Gasteiger partial charge in [-0.25, -0.2) is 0 Å². The van der Waals surface area contributed by atoms with Crippen LogP contribution < -0.4 is 16.0 Å². The van der Waals surface area contributed by atoms with Crippen LogP contribution >= 0.6 is 0 Å². The van der Waals surface area contributed by atoms with Crippen LogP contribution in [0.15, 0.2) is 0 Å². The predicted molar refractivity (Wildman–Crippen MR) is 196 cm³/mol. The van der Waals surface area contributed by atoms with Gasteiger partial charge in [0.25, 0.3) is 0 Å². The fourth-order valence-corrected chi connectivity index (χ4v) is 8.29. The fourth-order valence-electron chi connectivity index (χ4n) is 8.29. The van der Waals surface area contributed by atoms with Gasteiger partial charge in [-0.2, -0.15) is 0 Å². The maximum absolute atomic E-state index is 13.8. The van der Waals surface area contributed by atoms with Gasteiger partial charge in [-0.1, -0.05) is 60.8 Å². The van der Waals surface area contributed by atoms with Crippen molar-refractivity contribution in [2.45, 2.75) is 213 Å². The van der Waals surface area contributed by atoms with Gasteiger partial charge in [0.15, 0.2) is 5.92 Å². The standard InChI is InChI=1S/C40H73N3O6/c1-25(2)32-19-28(22-38(7,8)41-32)47-35(44)18-16-14-13-15-17-31(36(45)48-29-20-33(26(3)4)42-39(9,10)23-29)37(46)49-30-21-34(27(5)6)43-40(11,12)24-30/h25-34,41-43H,13-24H2,1-12H3. The summed E-state index contributed by atoms with van der Waals surface area (Å²) >= 11 is 0. The van der Waals surface area contributed by atoms with E-state index in [-0.39, 0.29) is 53.0 Å². The number of hydrogen-bond donors (Lipinski definition) is 3. The summed E-state index contributed by atoms with van der Waals surface area (Å²) in [5, 5.41) is 11.1.